The van der Waals surface area contributed by atoms with Gasteiger partial charge >= 0.3 is 0 Å². The molecule has 11 heteroatoms. The molecule has 1 amide bonds. The molecule has 372 valence electrons. The summed E-state index contributed by atoms with van der Waals surface area (Å²) in [6.07, 6.45) is 36.9. The number of ether oxygens (including phenoxy) is 2. The van der Waals surface area contributed by atoms with Crippen LogP contribution in [-0.4, -0.2) is 110 Å². The number of carbonyl (C=O) groups excluding carboxylic acids is 1. The number of hydrogen-bond donors (Lipinski definition) is 8. The van der Waals surface area contributed by atoms with E-state index in [4.69, 9.17) is 9.47 Å². The van der Waals surface area contributed by atoms with Gasteiger partial charge in [-0.05, 0) is 51.4 Å². The molecule has 8 N–H and O–H groups in total. The Morgan fingerprint density at radius 3 is 1.41 bits per heavy atom. The van der Waals surface area contributed by atoms with E-state index >= 15 is 0 Å². The number of hydrogen-bond acceptors (Lipinski definition) is 10. The molecule has 9 unspecified atom stereocenters. The lowest BCUT2D eigenvalue weighted by Gasteiger charge is -2.40. The van der Waals surface area contributed by atoms with E-state index in [-0.39, 0.29) is 12.8 Å². The molecule has 1 fully saturated rings. The predicted octanol–water partition coefficient (Wildman–Crippen LogP) is 9.79. The number of allylic oxidation sites excluding steroid dienone is 4. The van der Waals surface area contributed by atoms with E-state index in [1.54, 1.807) is 0 Å². The van der Waals surface area contributed by atoms with Crippen LogP contribution < -0.4 is 5.32 Å². The summed E-state index contributed by atoms with van der Waals surface area (Å²) in [6, 6.07) is -1.19. The minimum Gasteiger partial charge on any atom is -0.394 e. The number of aliphatic hydroxyl groups is 7. The molecule has 0 aromatic heterocycles. The van der Waals surface area contributed by atoms with Gasteiger partial charge in [0, 0.05) is 0 Å². The fraction of sp³-hybridized carbons (Fsp3) is 0.904. The van der Waals surface area contributed by atoms with Crippen molar-refractivity contribution in [1.29, 1.82) is 0 Å². The van der Waals surface area contributed by atoms with Crippen LogP contribution in [0.25, 0.3) is 0 Å². The molecule has 1 aliphatic rings. The third-order valence-electron chi connectivity index (χ3n) is 12.7. The van der Waals surface area contributed by atoms with Crippen LogP contribution in [0.2, 0.25) is 0 Å². The summed E-state index contributed by atoms with van der Waals surface area (Å²) in [5.74, 6) is -0.711. The van der Waals surface area contributed by atoms with Crippen LogP contribution in [0.4, 0.5) is 0 Å². The number of carbonyl (C=O) groups is 1. The van der Waals surface area contributed by atoms with Crippen molar-refractivity contribution in [3.05, 3.63) is 24.3 Å². The number of rotatable bonds is 44. The normalized spacial score (nSPS) is 21.3. The largest absolute Gasteiger partial charge is 0.394 e. The van der Waals surface area contributed by atoms with Crippen molar-refractivity contribution in [2.24, 2.45) is 0 Å². The second-order valence-corrected chi connectivity index (χ2v) is 18.6. The summed E-state index contributed by atoms with van der Waals surface area (Å²) in [5, 5.41) is 75.7. The van der Waals surface area contributed by atoms with E-state index in [0.29, 0.717) is 19.3 Å². The van der Waals surface area contributed by atoms with E-state index in [0.717, 1.165) is 38.5 Å². The van der Waals surface area contributed by atoms with Crippen molar-refractivity contribution < 1.29 is 50.0 Å². The van der Waals surface area contributed by atoms with Crippen LogP contribution in [0.1, 0.15) is 232 Å². The molecule has 11 nitrogen and oxygen atoms in total. The van der Waals surface area contributed by atoms with Gasteiger partial charge in [0.05, 0.1) is 25.4 Å². The Hall–Kier alpha value is -1.41. The third kappa shape index (κ3) is 31.2. The molecule has 0 aromatic carbocycles. The molecule has 0 radical (unpaired) electrons. The maximum Gasteiger partial charge on any atom is 0.249 e. The van der Waals surface area contributed by atoms with Gasteiger partial charge in [-0.2, -0.15) is 0 Å². The molecule has 0 aliphatic carbocycles. The number of aliphatic hydroxyl groups excluding tert-OH is 7. The van der Waals surface area contributed by atoms with Gasteiger partial charge in [-0.25, -0.2) is 0 Å². The number of unbranched alkanes of at least 4 members (excludes halogenated alkanes) is 28. The van der Waals surface area contributed by atoms with Gasteiger partial charge in [0.2, 0.25) is 5.91 Å². The highest BCUT2D eigenvalue weighted by atomic mass is 16.7. The zero-order valence-electron chi connectivity index (χ0n) is 40.3. The first-order chi connectivity index (χ1) is 30.7. The second kappa shape index (κ2) is 42.0. The Morgan fingerprint density at radius 2 is 0.952 bits per heavy atom. The molecule has 0 spiro atoms. The quantitative estimate of drug-likeness (QED) is 0.0216. The van der Waals surface area contributed by atoms with Gasteiger partial charge in [-0.3, -0.25) is 4.79 Å². The van der Waals surface area contributed by atoms with Gasteiger partial charge in [-0.1, -0.05) is 205 Å². The van der Waals surface area contributed by atoms with Crippen LogP contribution in [-0.2, 0) is 14.3 Å². The van der Waals surface area contributed by atoms with Crippen LogP contribution in [0.15, 0.2) is 24.3 Å². The second-order valence-electron chi connectivity index (χ2n) is 18.6. The molecule has 1 aliphatic heterocycles. The summed E-state index contributed by atoms with van der Waals surface area (Å²) in [4.78, 5) is 13.1. The highest BCUT2D eigenvalue weighted by molar-refractivity contribution is 5.80. The zero-order chi connectivity index (χ0) is 46.2. The first-order valence-electron chi connectivity index (χ1n) is 26.2. The third-order valence-corrected chi connectivity index (χ3v) is 12.7. The van der Waals surface area contributed by atoms with Crippen molar-refractivity contribution in [3.63, 3.8) is 0 Å². The summed E-state index contributed by atoms with van der Waals surface area (Å²) >= 11 is 0. The lowest BCUT2D eigenvalue weighted by Crippen LogP contribution is -2.60. The molecular weight excluding hydrogens is 799 g/mol. The van der Waals surface area contributed by atoms with Crippen molar-refractivity contribution in [3.8, 4) is 0 Å². The predicted molar refractivity (Wildman–Crippen MR) is 256 cm³/mol. The van der Waals surface area contributed by atoms with Crippen LogP contribution in [0.3, 0.4) is 0 Å². The lowest BCUT2D eigenvalue weighted by atomic mass is 9.98. The van der Waals surface area contributed by atoms with Crippen LogP contribution in [0, 0.1) is 0 Å². The monoisotopic (exact) mass is 898 g/mol. The average molecular weight is 898 g/mol. The molecule has 1 saturated heterocycles. The number of amides is 1. The topological polar surface area (TPSA) is 189 Å². The number of nitrogens with one attached hydrogen (secondary N) is 1. The van der Waals surface area contributed by atoms with Crippen LogP contribution >= 0.6 is 0 Å². The van der Waals surface area contributed by atoms with E-state index in [9.17, 15) is 40.5 Å². The first-order valence-corrected chi connectivity index (χ1v) is 26.2. The van der Waals surface area contributed by atoms with Gasteiger partial charge in [-0.15, -0.1) is 0 Å². The van der Waals surface area contributed by atoms with E-state index in [1.807, 2.05) is 0 Å². The Kier molecular flexibility index (Phi) is 39.7. The maximum atomic E-state index is 13.1. The summed E-state index contributed by atoms with van der Waals surface area (Å²) in [6.45, 7) is 3.41. The maximum absolute atomic E-state index is 13.1. The van der Waals surface area contributed by atoms with E-state index in [1.165, 1.54) is 148 Å². The van der Waals surface area contributed by atoms with E-state index in [2.05, 4.69) is 43.5 Å². The van der Waals surface area contributed by atoms with Gasteiger partial charge in [0.25, 0.3) is 0 Å². The standard InChI is InChI=1S/C52H99NO10/c1-3-5-7-9-11-13-15-16-17-18-19-20-21-22-23-24-25-26-27-28-29-30-32-33-35-37-39-44(55)47(57)43(42-62-52-50(60)49(59)48(58)46(41-54)63-52)53-51(61)45(56)40-38-36-34-31-14-12-10-8-6-4-2/h27-28,32-33,43-50,52,54-60H,3-26,29-31,34-42H2,1-2H3,(H,53,61)/b28-27+,33-32+. The summed E-state index contributed by atoms with van der Waals surface area (Å²) in [7, 11) is 0. The summed E-state index contributed by atoms with van der Waals surface area (Å²) in [5.41, 5.74) is 0. The minimum absolute atomic E-state index is 0.248. The zero-order valence-corrected chi connectivity index (χ0v) is 40.3. The summed E-state index contributed by atoms with van der Waals surface area (Å²) < 4.78 is 11.1. The average Bonchev–Trinajstić information content (AvgIpc) is 3.28. The van der Waals surface area contributed by atoms with Gasteiger partial charge < -0.3 is 50.5 Å². The van der Waals surface area contributed by atoms with Crippen molar-refractivity contribution in [2.75, 3.05) is 13.2 Å². The van der Waals surface area contributed by atoms with E-state index < -0.39 is 74.2 Å². The molecule has 9 atom stereocenters. The molecule has 0 bridgehead atoms. The van der Waals surface area contributed by atoms with Gasteiger partial charge in [0.15, 0.2) is 6.29 Å². The van der Waals surface area contributed by atoms with Gasteiger partial charge in [0.1, 0.15) is 36.6 Å². The lowest BCUT2D eigenvalue weighted by molar-refractivity contribution is -0.303. The molecule has 63 heavy (non-hydrogen) atoms. The van der Waals surface area contributed by atoms with Crippen LogP contribution in [0.5, 0.6) is 0 Å². The Labute approximate surface area is 384 Å². The Bertz CT molecular complexity index is 1080. The van der Waals surface area contributed by atoms with Crippen molar-refractivity contribution >= 4 is 5.91 Å². The fourth-order valence-corrected chi connectivity index (χ4v) is 8.40. The minimum atomic E-state index is -1.67. The Morgan fingerprint density at radius 1 is 0.540 bits per heavy atom. The highest BCUT2D eigenvalue weighted by Crippen LogP contribution is 2.23. The van der Waals surface area contributed by atoms with Crippen molar-refractivity contribution in [1.82, 2.24) is 5.32 Å². The SMILES string of the molecule is CCCCCCCCCCCCCCCCCCC/C=C/CC/C=C/CCCC(O)C(O)C(COC1OC(CO)C(O)C(O)C1O)NC(=O)C(O)CCCCCCCCCCCC. The fourth-order valence-electron chi connectivity index (χ4n) is 8.40. The van der Waals surface area contributed by atoms with Crippen molar-refractivity contribution in [2.45, 2.75) is 287 Å². The Balaban J connectivity index is 2.33. The first kappa shape index (κ1) is 59.6. The highest BCUT2D eigenvalue weighted by Gasteiger charge is 2.44. The molecule has 0 saturated carbocycles. The molecule has 1 heterocycles. The molecule has 0 aromatic rings. The molecular formula is C52H99NO10. The smallest absolute Gasteiger partial charge is 0.249 e. The molecule has 1 rings (SSSR count).